The second-order valence-electron chi connectivity index (χ2n) is 11.5. The minimum atomic E-state index is 0.790. The number of rotatable bonds is 18. The van der Waals surface area contributed by atoms with E-state index < -0.39 is 0 Å². The first-order chi connectivity index (χ1) is 23.3. The van der Waals surface area contributed by atoms with E-state index in [-0.39, 0.29) is 0 Å². The minimum absolute atomic E-state index is 0.790. The molecule has 0 bridgehead atoms. The molecule has 0 saturated heterocycles. The maximum Gasteiger partial charge on any atom is 0.136 e. The van der Waals surface area contributed by atoms with Gasteiger partial charge in [0, 0.05) is 38.3 Å². The standard InChI is InChI=1S/C37H49N5O4S2/c1-40(16-10-18-41(2)28-12-14-30(38-24-28)26-20-32(43-4)36(47-8)33(21-26)44-5)17-11-19-42(3)29-13-15-31(39-25-29)27-22-34(45-6)37(48-9)35(23-27)46-7/h12-15,20-25H,10-11,16-19H2,1-9H3. The molecule has 0 unspecified atom stereocenters. The number of ether oxygens (including phenoxy) is 4. The fourth-order valence-electron chi connectivity index (χ4n) is 5.55. The van der Waals surface area contributed by atoms with Crippen LogP contribution in [0.25, 0.3) is 22.5 Å². The quantitative estimate of drug-likeness (QED) is 0.0971. The zero-order chi connectivity index (χ0) is 34.6. The summed E-state index contributed by atoms with van der Waals surface area (Å²) in [7, 11) is 13.2. The Labute approximate surface area is 294 Å². The van der Waals surface area contributed by atoms with Crippen LogP contribution in [0.15, 0.2) is 70.7 Å². The number of benzene rings is 2. The minimum Gasteiger partial charge on any atom is -0.495 e. The van der Waals surface area contributed by atoms with Crippen LogP contribution in [-0.4, -0.2) is 103 Å². The van der Waals surface area contributed by atoms with Gasteiger partial charge in [-0.15, -0.1) is 23.5 Å². The molecular formula is C37H49N5O4S2. The second kappa shape index (κ2) is 18.1. The van der Waals surface area contributed by atoms with Crippen molar-refractivity contribution in [2.45, 2.75) is 22.6 Å². The van der Waals surface area contributed by atoms with Gasteiger partial charge < -0.3 is 33.6 Å². The molecule has 0 fully saturated rings. The SMILES string of the molecule is COc1cc(-c2ccc(N(C)CCCN(C)CCCN(C)c3ccc(-c4cc(OC)c(SC)c(OC)c4)nc3)cn2)cc(OC)c1SC. The molecular weight excluding hydrogens is 643 g/mol. The van der Waals surface area contributed by atoms with Crippen LogP contribution in [0.2, 0.25) is 0 Å². The lowest BCUT2D eigenvalue weighted by Crippen LogP contribution is -2.28. The van der Waals surface area contributed by atoms with E-state index in [1.54, 1.807) is 52.0 Å². The lowest BCUT2D eigenvalue weighted by atomic mass is 10.1. The number of methoxy groups -OCH3 is 4. The summed E-state index contributed by atoms with van der Waals surface area (Å²) in [6, 6.07) is 16.4. The van der Waals surface area contributed by atoms with Gasteiger partial charge in [-0.3, -0.25) is 9.97 Å². The Hall–Kier alpha value is -3.80. The first kappa shape index (κ1) is 37.0. The Balaban J connectivity index is 1.22. The van der Waals surface area contributed by atoms with Crippen LogP contribution in [-0.2, 0) is 0 Å². The summed E-state index contributed by atoms with van der Waals surface area (Å²) in [6.45, 7) is 3.95. The van der Waals surface area contributed by atoms with Gasteiger partial charge in [0.15, 0.2) is 0 Å². The molecule has 9 nitrogen and oxygen atoms in total. The van der Waals surface area contributed by atoms with Crippen molar-refractivity contribution in [2.24, 2.45) is 0 Å². The van der Waals surface area contributed by atoms with Crippen LogP contribution in [0, 0.1) is 0 Å². The van der Waals surface area contributed by atoms with E-state index in [0.29, 0.717) is 0 Å². The van der Waals surface area contributed by atoms with E-state index in [9.17, 15) is 0 Å². The van der Waals surface area contributed by atoms with Gasteiger partial charge in [0.25, 0.3) is 0 Å². The van der Waals surface area contributed by atoms with E-state index in [0.717, 1.165) is 106 Å². The van der Waals surface area contributed by atoms with Gasteiger partial charge in [0.05, 0.1) is 73.4 Å². The van der Waals surface area contributed by atoms with Crippen molar-refractivity contribution in [3.63, 3.8) is 0 Å². The van der Waals surface area contributed by atoms with Crippen molar-refractivity contribution < 1.29 is 18.9 Å². The third-order valence-corrected chi connectivity index (χ3v) is 9.99. The van der Waals surface area contributed by atoms with Crippen LogP contribution < -0.4 is 28.7 Å². The first-order valence-corrected chi connectivity index (χ1v) is 18.3. The summed E-state index contributed by atoms with van der Waals surface area (Å²) in [5.41, 5.74) is 5.89. The highest BCUT2D eigenvalue weighted by atomic mass is 32.2. The van der Waals surface area contributed by atoms with E-state index in [1.807, 2.05) is 49.2 Å². The first-order valence-electron chi connectivity index (χ1n) is 15.9. The number of anilines is 2. The Morgan fingerprint density at radius 2 is 0.896 bits per heavy atom. The molecule has 0 amide bonds. The number of nitrogens with zero attached hydrogens (tertiary/aromatic N) is 5. The molecule has 0 saturated carbocycles. The molecule has 0 N–H and O–H groups in total. The van der Waals surface area contributed by atoms with Crippen molar-refractivity contribution in [3.05, 3.63) is 60.9 Å². The molecule has 0 spiro atoms. The summed E-state index contributed by atoms with van der Waals surface area (Å²) in [5.74, 6) is 3.16. The Bertz CT molecular complexity index is 1440. The number of thioether (sulfide) groups is 2. The van der Waals surface area contributed by atoms with Gasteiger partial charge in [-0.25, -0.2) is 0 Å². The number of hydrogen-bond donors (Lipinski definition) is 0. The second-order valence-corrected chi connectivity index (χ2v) is 13.1. The largest absolute Gasteiger partial charge is 0.495 e. The van der Waals surface area contributed by atoms with Crippen LogP contribution in [0.5, 0.6) is 23.0 Å². The molecule has 11 heteroatoms. The third kappa shape index (κ3) is 9.21. The van der Waals surface area contributed by atoms with Crippen molar-refractivity contribution >= 4 is 34.9 Å². The highest BCUT2D eigenvalue weighted by Gasteiger charge is 2.15. The molecule has 48 heavy (non-hydrogen) atoms. The maximum absolute atomic E-state index is 5.61. The average Bonchev–Trinajstić information content (AvgIpc) is 3.13. The Kier molecular flexibility index (Phi) is 14.0. The Morgan fingerprint density at radius 3 is 1.17 bits per heavy atom. The Morgan fingerprint density at radius 1 is 0.542 bits per heavy atom. The summed E-state index contributed by atoms with van der Waals surface area (Å²) in [4.78, 5) is 18.4. The highest BCUT2D eigenvalue weighted by Crippen LogP contribution is 2.41. The van der Waals surface area contributed by atoms with Crippen LogP contribution in [0.3, 0.4) is 0 Å². The monoisotopic (exact) mass is 691 g/mol. The molecule has 0 aliphatic carbocycles. The predicted octanol–water partition coefficient (Wildman–Crippen LogP) is 7.57. The van der Waals surface area contributed by atoms with Gasteiger partial charge in [-0.2, -0.15) is 0 Å². The summed E-state index contributed by atoms with van der Waals surface area (Å²) in [5, 5.41) is 0. The predicted molar refractivity (Wildman–Crippen MR) is 202 cm³/mol. The summed E-state index contributed by atoms with van der Waals surface area (Å²) in [6.07, 6.45) is 10.0. The molecule has 0 radical (unpaired) electrons. The van der Waals surface area contributed by atoms with Crippen LogP contribution in [0.4, 0.5) is 11.4 Å². The lowest BCUT2D eigenvalue weighted by molar-refractivity contribution is 0.327. The molecule has 0 aliphatic rings. The summed E-state index contributed by atoms with van der Waals surface area (Å²) < 4.78 is 22.4. The van der Waals surface area contributed by atoms with Crippen molar-refractivity contribution in [1.29, 1.82) is 0 Å². The zero-order valence-corrected chi connectivity index (χ0v) is 31.3. The molecule has 2 heterocycles. The topological polar surface area (TPSA) is 72.4 Å². The van der Waals surface area contributed by atoms with E-state index in [2.05, 4.69) is 60.1 Å². The number of pyridine rings is 2. The summed E-state index contributed by atoms with van der Waals surface area (Å²) >= 11 is 3.21. The lowest BCUT2D eigenvalue weighted by Gasteiger charge is -2.23. The van der Waals surface area contributed by atoms with Crippen molar-refractivity contribution in [2.75, 3.05) is 98.1 Å². The maximum atomic E-state index is 5.61. The fraction of sp³-hybridized carbons (Fsp3) is 0.405. The average molecular weight is 692 g/mol. The molecule has 4 rings (SSSR count). The molecule has 0 atom stereocenters. The van der Waals surface area contributed by atoms with Crippen molar-refractivity contribution in [1.82, 2.24) is 14.9 Å². The van der Waals surface area contributed by atoms with Gasteiger partial charge in [-0.05, 0) is 94.0 Å². The van der Waals surface area contributed by atoms with Crippen LogP contribution in [0.1, 0.15) is 12.8 Å². The van der Waals surface area contributed by atoms with Gasteiger partial charge in [0.1, 0.15) is 23.0 Å². The number of hydrogen-bond acceptors (Lipinski definition) is 11. The molecule has 0 aliphatic heterocycles. The van der Waals surface area contributed by atoms with Gasteiger partial charge in [0.2, 0.25) is 0 Å². The molecule has 2 aromatic carbocycles. The zero-order valence-electron chi connectivity index (χ0n) is 29.7. The molecule has 4 aromatic rings. The normalized spacial score (nSPS) is 11.0. The molecule has 258 valence electrons. The number of aromatic nitrogens is 2. The third-order valence-electron chi connectivity index (χ3n) is 8.36. The van der Waals surface area contributed by atoms with Crippen molar-refractivity contribution in [3.8, 4) is 45.5 Å². The van der Waals surface area contributed by atoms with E-state index >= 15 is 0 Å². The fourth-order valence-corrected chi connectivity index (χ4v) is 6.92. The van der Waals surface area contributed by atoms with E-state index in [1.165, 1.54) is 0 Å². The van der Waals surface area contributed by atoms with Crippen LogP contribution >= 0.6 is 23.5 Å². The molecule has 2 aromatic heterocycles. The van der Waals surface area contributed by atoms with Gasteiger partial charge in [-0.1, -0.05) is 0 Å². The smallest absolute Gasteiger partial charge is 0.136 e. The van der Waals surface area contributed by atoms with E-state index in [4.69, 9.17) is 28.9 Å². The highest BCUT2D eigenvalue weighted by molar-refractivity contribution is 7.99. The van der Waals surface area contributed by atoms with Gasteiger partial charge >= 0.3 is 0 Å².